The number of nitrogens with one attached hydrogen (secondary N) is 1. The lowest BCUT2D eigenvalue weighted by Gasteiger charge is -2.16. The maximum Gasteiger partial charge on any atom is 0.162 e. The third-order valence-electron chi connectivity index (χ3n) is 3.08. The summed E-state index contributed by atoms with van der Waals surface area (Å²) in [5, 5.41) is 16.6. The molecule has 0 saturated carbocycles. The Labute approximate surface area is 123 Å². The van der Waals surface area contributed by atoms with Crippen molar-refractivity contribution < 1.29 is 9.84 Å². The van der Waals surface area contributed by atoms with E-state index in [1.807, 2.05) is 30.6 Å². The lowest BCUT2D eigenvalue weighted by molar-refractivity contribution is 0.316. The number of nitrogens with zero attached hydrogens (tertiary/aromatic N) is 1. The first-order chi connectivity index (χ1) is 9.76. The van der Waals surface area contributed by atoms with Crippen LogP contribution in [0.4, 0.5) is 0 Å². The first kappa shape index (κ1) is 14.8. The van der Waals surface area contributed by atoms with Crippen molar-refractivity contribution >= 4 is 11.3 Å². The van der Waals surface area contributed by atoms with Crippen molar-refractivity contribution in [2.45, 2.75) is 32.9 Å². The first-order valence-corrected chi connectivity index (χ1v) is 7.70. The van der Waals surface area contributed by atoms with E-state index in [9.17, 15) is 5.11 Å². The molecule has 0 aliphatic carbocycles. The van der Waals surface area contributed by atoms with E-state index in [1.165, 1.54) is 0 Å². The normalized spacial score (nSPS) is 12.3. The van der Waals surface area contributed by atoms with Crippen molar-refractivity contribution in [3.05, 3.63) is 40.3 Å². The van der Waals surface area contributed by atoms with E-state index in [2.05, 4.69) is 17.2 Å². The highest BCUT2D eigenvalue weighted by Crippen LogP contribution is 2.30. The summed E-state index contributed by atoms with van der Waals surface area (Å²) in [6, 6.07) is 5.79. The summed E-state index contributed by atoms with van der Waals surface area (Å²) >= 11 is 1.65. The Hall–Kier alpha value is -1.59. The molecule has 0 spiro atoms. The van der Waals surface area contributed by atoms with Crippen molar-refractivity contribution in [3.63, 3.8) is 0 Å². The Morgan fingerprint density at radius 2 is 2.25 bits per heavy atom. The van der Waals surface area contributed by atoms with Gasteiger partial charge >= 0.3 is 0 Å². The smallest absolute Gasteiger partial charge is 0.162 e. The number of phenols is 1. The Morgan fingerprint density at radius 1 is 1.40 bits per heavy atom. The minimum absolute atomic E-state index is 0.213. The average molecular weight is 292 g/mol. The van der Waals surface area contributed by atoms with Crippen LogP contribution in [0.3, 0.4) is 0 Å². The van der Waals surface area contributed by atoms with Crippen molar-refractivity contribution in [1.29, 1.82) is 0 Å². The highest BCUT2D eigenvalue weighted by atomic mass is 32.1. The maximum absolute atomic E-state index is 10.2. The molecular weight excluding hydrogens is 272 g/mol. The molecular formula is C15H20N2O2S. The third kappa shape index (κ3) is 3.49. The molecule has 0 bridgehead atoms. The van der Waals surface area contributed by atoms with E-state index < -0.39 is 0 Å². The van der Waals surface area contributed by atoms with Gasteiger partial charge in [-0.3, -0.25) is 0 Å². The minimum Gasteiger partial charge on any atom is -0.504 e. The van der Waals surface area contributed by atoms with Crippen LogP contribution in [0.5, 0.6) is 11.5 Å². The SMILES string of the molecule is CCOc1cccc(CNC(CC)c2nccs2)c1O. The zero-order valence-electron chi connectivity index (χ0n) is 11.8. The van der Waals surface area contributed by atoms with Gasteiger partial charge < -0.3 is 15.2 Å². The Morgan fingerprint density at radius 3 is 2.90 bits per heavy atom. The Balaban J connectivity index is 2.05. The Kier molecular flexibility index (Phi) is 5.38. The number of para-hydroxylation sites is 1. The molecule has 1 heterocycles. The predicted molar refractivity (Wildman–Crippen MR) is 81.3 cm³/mol. The predicted octanol–water partition coefficient (Wildman–Crippen LogP) is 3.49. The lowest BCUT2D eigenvalue weighted by Crippen LogP contribution is -2.20. The molecule has 2 N–H and O–H groups in total. The van der Waals surface area contributed by atoms with Crippen LogP contribution in [-0.4, -0.2) is 16.7 Å². The van der Waals surface area contributed by atoms with Gasteiger partial charge in [-0.25, -0.2) is 4.98 Å². The fourth-order valence-electron chi connectivity index (χ4n) is 2.03. The third-order valence-corrected chi connectivity index (χ3v) is 3.97. The molecule has 5 heteroatoms. The van der Waals surface area contributed by atoms with Crippen LogP contribution >= 0.6 is 11.3 Å². The van der Waals surface area contributed by atoms with Crippen LogP contribution in [-0.2, 0) is 6.54 Å². The van der Waals surface area contributed by atoms with Gasteiger partial charge in [0.25, 0.3) is 0 Å². The van der Waals surface area contributed by atoms with Gasteiger partial charge in [0, 0.05) is 23.7 Å². The van der Waals surface area contributed by atoms with E-state index in [0.29, 0.717) is 18.9 Å². The standard InChI is InChI=1S/C15H20N2O2S/c1-3-12(15-16-8-9-20-15)17-10-11-6-5-7-13(14(11)18)19-4-2/h5-9,12,17-18H,3-4,10H2,1-2H3. The van der Waals surface area contributed by atoms with Crippen molar-refractivity contribution in [3.8, 4) is 11.5 Å². The maximum atomic E-state index is 10.2. The molecule has 1 unspecified atom stereocenters. The molecule has 1 atom stereocenters. The van der Waals surface area contributed by atoms with E-state index >= 15 is 0 Å². The largest absolute Gasteiger partial charge is 0.504 e. The summed E-state index contributed by atoms with van der Waals surface area (Å²) in [5.74, 6) is 0.755. The number of hydrogen-bond acceptors (Lipinski definition) is 5. The quantitative estimate of drug-likeness (QED) is 0.820. The Bertz CT molecular complexity index is 529. The number of rotatable bonds is 7. The van der Waals surface area contributed by atoms with Gasteiger partial charge in [0.2, 0.25) is 0 Å². The average Bonchev–Trinajstić information content (AvgIpc) is 2.97. The van der Waals surface area contributed by atoms with Crippen molar-refractivity contribution in [2.24, 2.45) is 0 Å². The summed E-state index contributed by atoms with van der Waals surface area (Å²) in [6.07, 6.45) is 2.77. The lowest BCUT2D eigenvalue weighted by atomic mass is 10.1. The zero-order valence-corrected chi connectivity index (χ0v) is 12.6. The highest BCUT2D eigenvalue weighted by molar-refractivity contribution is 7.09. The number of thiazole rings is 1. The van der Waals surface area contributed by atoms with E-state index in [1.54, 1.807) is 17.4 Å². The van der Waals surface area contributed by atoms with Gasteiger partial charge in [-0.2, -0.15) is 0 Å². The van der Waals surface area contributed by atoms with Crippen molar-refractivity contribution in [1.82, 2.24) is 10.3 Å². The minimum atomic E-state index is 0.213. The topological polar surface area (TPSA) is 54.4 Å². The zero-order chi connectivity index (χ0) is 14.4. The molecule has 1 aromatic heterocycles. The fraction of sp³-hybridized carbons (Fsp3) is 0.400. The molecule has 108 valence electrons. The van der Waals surface area contributed by atoms with Crippen LogP contribution in [0.1, 0.15) is 36.9 Å². The molecule has 4 nitrogen and oxygen atoms in total. The second kappa shape index (κ2) is 7.26. The van der Waals surface area contributed by atoms with Crippen LogP contribution in [0.2, 0.25) is 0 Å². The van der Waals surface area contributed by atoms with Gasteiger partial charge in [0.05, 0.1) is 12.6 Å². The number of phenolic OH excluding ortho intramolecular Hbond substituents is 1. The number of benzene rings is 1. The molecule has 0 radical (unpaired) electrons. The molecule has 0 aliphatic rings. The summed E-state index contributed by atoms with van der Waals surface area (Å²) in [5.41, 5.74) is 0.839. The summed E-state index contributed by atoms with van der Waals surface area (Å²) < 4.78 is 5.39. The second-order valence-electron chi connectivity index (χ2n) is 4.41. The molecule has 20 heavy (non-hydrogen) atoms. The van der Waals surface area contributed by atoms with E-state index in [-0.39, 0.29) is 11.8 Å². The fourth-order valence-corrected chi connectivity index (χ4v) is 2.83. The molecule has 2 rings (SSSR count). The molecule has 0 amide bonds. The van der Waals surface area contributed by atoms with Crippen LogP contribution in [0, 0.1) is 0 Å². The molecule has 0 fully saturated rings. The molecule has 0 saturated heterocycles. The number of ether oxygens (including phenoxy) is 1. The number of aromatic nitrogens is 1. The molecule has 1 aromatic carbocycles. The summed E-state index contributed by atoms with van der Waals surface area (Å²) in [7, 11) is 0. The van der Waals surface area contributed by atoms with Crippen LogP contribution in [0.15, 0.2) is 29.8 Å². The number of hydrogen-bond donors (Lipinski definition) is 2. The first-order valence-electron chi connectivity index (χ1n) is 6.82. The monoisotopic (exact) mass is 292 g/mol. The van der Waals surface area contributed by atoms with Gasteiger partial charge in [-0.1, -0.05) is 19.1 Å². The van der Waals surface area contributed by atoms with E-state index in [0.717, 1.165) is 17.0 Å². The van der Waals surface area contributed by atoms with Gasteiger partial charge in [-0.05, 0) is 19.4 Å². The molecule has 2 aromatic rings. The van der Waals surface area contributed by atoms with Gasteiger partial charge in [0.1, 0.15) is 5.01 Å². The highest BCUT2D eigenvalue weighted by Gasteiger charge is 2.13. The van der Waals surface area contributed by atoms with Crippen molar-refractivity contribution in [2.75, 3.05) is 6.61 Å². The number of aromatic hydroxyl groups is 1. The summed E-state index contributed by atoms with van der Waals surface area (Å²) in [6.45, 7) is 5.15. The van der Waals surface area contributed by atoms with Crippen LogP contribution in [0.25, 0.3) is 0 Å². The van der Waals surface area contributed by atoms with Gasteiger partial charge in [-0.15, -0.1) is 11.3 Å². The summed E-state index contributed by atoms with van der Waals surface area (Å²) in [4.78, 5) is 4.34. The molecule has 0 aliphatic heterocycles. The van der Waals surface area contributed by atoms with Gasteiger partial charge in [0.15, 0.2) is 11.5 Å². The van der Waals surface area contributed by atoms with Crippen LogP contribution < -0.4 is 10.1 Å². The van der Waals surface area contributed by atoms with E-state index in [4.69, 9.17) is 4.74 Å². The second-order valence-corrected chi connectivity index (χ2v) is 5.34.